The number of hydrogen-bond donors (Lipinski definition) is 0. The van der Waals surface area contributed by atoms with Crippen LogP contribution in [0.2, 0.25) is 5.02 Å². The van der Waals surface area contributed by atoms with Gasteiger partial charge in [0.1, 0.15) is 0 Å². The topological polar surface area (TPSA) is 83.3 Å². The van der Waals surface area contributed by atoms with Crippen molar-refractivity contribution in [2.24, 2.45) is 0 Å². The molecule has 0 unspecified atom stereocenters. The fourth-order valence-electron chi connectivity index (χ4n) is 2.23. The second-order valence-corrected chi connectivity index (χ2v) is 7.09. The molecule has 1 heterocycles. The van der Waals surface area contributed by atoms with Crippen molar-refractivity contribution >= 4 is 46.6 Å². The van der Waals surface area contributed by atoms with Gasteiger partial charge in [-0.3, -0.25) is 4.79 Å². The highest BCUT2D eigenvalue weighted by atomic mass is 35.5. The smallest absolute Gasteiger partial charge is 0.331 e. The van der Waals surface area contributed by atoms with E-state index >= 15 is 0 Å². The maximum Gasteiger partial charge on any atom is 0.331 e. The van der Waals surface area contributed by atoms with Crippen molar-refractivity contribution in [3.05, 3.63) is 50.9 Å². The Labute approximate surface area is 166 Å². The fourth-order valence-corrected chi connectivity index (χ4v) is 2.92. The van der Waals surface area contributed by atoms with Gasteiger partial charge in [0.05, 0.1) is 23.2 Å². The van der Waals surface area contributed by atoms with E-state index in [2.05, 4.69) is 4.98 Å². The molecule has 0 spiro atoms. The summed E-state index contributed by atoms with van der Waals surface area (Å²) in [5.74, 6) is -1.06. The van der Waals surface area contributed by atoms with Crippen LogP contribution in [-0.2, 0) is 14.3 Å². The number of nitriles is 1. The van der Waals surface area contributed by atoms with Gasteiger partial charge in [-0.2, -0.15) is 5.26 Å². The van der Waals surface area contributed by atoms with Crippen LogP contribution >= 0.6 is 22.9 Å². The van der Waals surface area contributed by atoms with Crippen molar-refractivity contribution in [1.82, 2.24) is 4.98 Å². The molecule has 1 aromatic heterocycles. The summed E-state index contributed by atoms with van der Waals surface area (Å²) in [4.78, 5) is 29.9. The van der Waals surface area contributed by atoms with Gasteiger partial charge < -0.3 is 9.64 Å². The minimum atomic E-state index is -0.637. The highest BCUT2D eigenvalue weighted by Crippen LogP contribution is 2.23. The summed E-state index contributed by atoms with van der Waals surface area (Å²) in [6, 6.07) is 7.14. The van der Waals surface area contributed by atoms with Crippen molar-refractivity contribution in [3.8, 4) is 6.07 Å². The molecule has 6 nitrogen and oxygen atoms in total. The SMILES string of the molecule is Cc1nc(/C=C/C(=O)OCC(=O)N(CCC#N)c2ccc(Cl)c(C)c2)cs1. The quantitative estimate of drug-likeness (QED) is 0.516. The molecule has 8 heteroatoms. The summed E-state index contributed by atoms with van der Waals surface area (Å²) in [6.07, 6.45) is 2.92. The number of ether oxygens (including phenoxy) is 1. The van der Waals surface area contributed by atoms with Crippen molar-refractivity contribution in [1.29, 1.82) is 5.26 Å². The number of esters is 1. The van der Waals surface area contributed by atoms with Crippen molar-refractivity contribution in [3.63, 3.8) is 0 Å². The van der Waals surface area contributed by atoms with Gasteiger partial charge in [0.25, 0.3) is 5.91 Å². The Balaban J connectivity index is 2.00. The first kappa shape index (κ1) is 20.6. The molecule has 27 heavy (non-hydrogen) atoms. The minimum absolute atomic E-state index is 0.157. The van der Waals surface area contributed by atoms with E-state index in [4.69, 9.17) is 21.6 Å². The number of amides is 1. The first-order chi connectivity index (χ1) is 12.9. The normalized spacial score (nSPS) is 10.6. The molecule has 0 bridgehead atoms. The Morgan fingerprint density at radius 3 is 2.81 bits per heavy atom. The van der Waals surface area contributed by atoms with Gasteiger partial charge in [-0.25, -0.2) is 9.78 Å². The molecular weight excluding hydrogens is 386 g/mol. The van der Waals surface area contributed by atoms with Gasteiger partial charge in [-0.1, -0.05) is 11.6 Å². The molecule has 0 radical (unpaired) electrons. The first-order valence-corrected chi connectivity index (χ1v) is 9.37. The molecule has 0 aliphatic carbocycles. The predicted octanol–water partition coefficient (Wildman–Crippen LogP) is 3.92. The number of hydrogen-bond acceptors (Lipinski definition) is 6. The lowest BCUT2D eigenvalue weighted by Crippen LogP contribution is -2.35. The molecule has 2 rings (SSSR count). The molecule has 1 aromatic carbocycles. The summed E-state index contributed by atoms with van der Waals surface area (Å²) in [7, 11) is 0. The zero-order valence-corrected chi connectivity index (χ0v) is 16.5. The lowest BCUT2D eigenvalue weighted by atomic mass is 10.2. The second-order valence-electron chi connectivity index (χ2n) is 5.62. The average Bonchev–Trinajstić information content (AvgIpc) is 3.06. The van der Waals surface area contributed by atoms with Crippen molar-refractivity contribution < 1.29 is 14.3 Å². The molecule has 140 valence electrons. The Morgan fingerprint density at radius 2 is 2.19 bits per heavy atom. The maximum absolute atomic E-state index is 12.5. The van der Waals surface area contributed by atoms with E-state index in [0.717, 1.165) is 10.6 Å². The third-order valence-electron chi connectivity index (χ3n) is 3.57. The summed E-state index contributed by atoms with van der Waals surface area (Å²) in [5.41, 5.74) is 2.07. The van der Waals surface area contributed by atoms with Crippen molar-refractivity contribution in [2.75, 3.05) is 18.1 Å². The number of benzene rings is 1. The van der Waals surface area contributed by atoms with E-state index in [1.54, 1.807) is 18.2 Å². The van der Waals surface area contributed by atoms with Crippen LogP contribution in [0.5, 0.6) is 0 Å². The van der Waals surface area contributed by atoms with Gasteiger partial charge in [-0.05, 0) is 43.7 Å². The van der Waals surface area contributed by atoms with E-state index in [-0.39, 0.29) is 13.0 Å². The van der Waals surface area contributed by atoms with E-state index in [0.29, 0.717) is 16.4 Å². The van der Waals surface area contributed by atoms with Gasteiger partial charge in [-0.15, -0.1) is 11.3 Å². The molecule has 0 atom stereocenters. The zero-order valence-electron chi connectivity index (χ0n) is 14.9. The Hall–Kier alpha value is -2.69. The minimum Gasteiger partial charge on any atom is -0.452 e. The van der Waals surface area contributed by atoms with Gasteiger partial charge in [0.2, 0.25) is 0 Å². The monoisotopic (exact) mass is 403 g/mol. The molecule has 0 aliphatic rings. The maximum atomic E-state index is 12.5. The highest BCUT2D eigenvalue weighted by molar-refractivity contribution is 7.09. The Bertz CT molecular complexity index is 902. The largest absolute Gasteiger partial charge is 0.452 e. The van der Waals surface area contributed by atoms with Crippen LogP contribution in [0.3, 0.4) is 0 Å². The van der Waals surface area contributed by atoms with E-state index in [1.807, 2.05) is 25.3 Å². The van der Waals surface area contributed by atoms with E-state index < -0.39 is 18.5 Å². The van der Waals surface area contributed by atoms with Crippen LogP contribution in [0.4, 0.5) is 5.69 Å². The molecule has 0 fully saturated rings. The van der Waals surface area contributed by atoms with E-state index in [1.165, 1.54) is 28.4 Å². The summed E-state index contributed by atoms with van der Waals surface area (Å²) in [6.45, 7) is 3.46. The molecular formula is C19H18ClN3O3S. The molecule has 2 aromatic rings. The summed E-state index contributed by atoms with van der Waals surface area (Å²) in [5, 5.41) is 12.1. The van der Waals surface area contributed by atoms with Crippen LogP contribution in [0.1, 0.15) is 22.7 Å². The van der Waals surface area contributed by atoms with Gasteiger partial charge in [0.15, 0.2) is 6.61 Å². The number of aryl methyl sites for hydroxylation is 2. The number of nitrogens with zero attached hydrogens (tertiary/aromatic N) is 3. The van der Waals surface area contributed by atoms with Crippen LogP contribution < -0.4 is 4.90 Å². The zero-order chi connectivity index (χ0) is 19.8. The molecule has 0 N–H and O–H groups in total. The van der Waals surface area contributed by atoms with Crippen LogP contribution in [0.15, 0.2) is 29.7 Å². The average molecular weight is 404 g/mol. The number of carbonyl (C=O) groups excluding carboxylic acids is 2. The Morgan fingerprint density at radius 1 is 1.41 bits per heavy atom. The van der Waals surface area contributed by atoms with E-state index in [9.17, 15) is 9.59 Å². The second kappa shape index (κ2) is 9.86. The van der Waals surface area contributed by atoms with Crippen LogP contribution in [0.25, 0.3) is 6.08 Å². The molecule has 0 saturated heterocycles. The van der Waals surface area contributed by atoms with Gasteiger partial charge in [0, 0.05) is 28.7 Å². The van der Waals surface area contributed by atoms with Crippen molar-refractivity contribution in [2.45, 2.75) is 20.3 Å². The summed E-state index contributed by atoms with van der Waals surface area (Å²) < 4.78 is 5.02. The Kier molecular flexibility index (Phi) is 7.53. The lowest BCUT2D eigenvalue weighted by molar-refractivity contribution is -0.142. The lowest BCUT2D eigenvalue weighted by Gasteiger charge is -2.22. The highest BCUT2D eigenvalue weighted by Gasteiger charge is 2.17. The number of thiazole rings is 1. The molecule has 0 aliphatic heterocycles. The van der Waals surface area contributed by atoms with Gasteiger partial charge >= 0.3 is 5.97 Å². The third kappa shape index (κ3) is 6.20. The number of rotatable bonds is 7. The number of aromatic nitrogens is 1. The van der Waals surface area contributed by atoms with Crippen LogP contribution in [0, 0.1) is 25.2 Å². The predicted molar refractivity (Wildman–Crippen MR) is 106 cm³/mol. The summed E-state index contributed by atoms with van der Waals surface area (Å²) >= 11 is 7.50. The number of carbonyl (C=O) groups is 2. The number of halogens is 1. The molecule has 1 amide bonds. The standard InChI is InChI=1S/C19H18ClN3O3S/c1-13-10-16(5-6-17(13)20)23(9-3-8-21)18(24)11-26-19(25)7-4-15-12-27-14(2)22-15/h4-7,10,12H,3,9,11H2,1-2H3/b7-4+. The third-order valence-corrected chi connectivity index (χ3v) is 4.78. The first-order valence-electron chi connectivity index (χ1n) is 8.11. The number of anilines is 1. The van der Waals surface area contributed by atoms with Crippen LogP contribution in [-0.4, -0.2) is 30.0 Å². The molecule has 0 saturated carbocycles. The fraction of sp³-hybridized carbons (Fsp3) is 0.263.